The number of rotatable bonds is 5. The van der Waals surface area contributed by atoms with Crippen LogP contribution in [0.1, 0.15) is 36.5 Å². The van der Waals surface area contributed by atoms with Crippen molar-refractivity contribution >= 4 is 11.4 Å². The van der Waals surface area contributed by atoms with Crippen molar-refractivity contribution in [3.05, 3.63) is 124 Å². The van der Waals surface area contributed by atoms with Crippen LogP contribution in [0.15, 0.2) is 108 Å². The molecule has 0 aromatic heterocycles. The van der Waals surface area contributed by atoms with Gasteiger partial charge in [-0.15, -0.1) is 0 Å². The van der Waals surface area contributed by atoms with E-state index in [4.69, 9.17) is 0 Å². The zero-order chi connectivity index (χ0) is 24.4. The van der Waals surface area contributed by atoms with E-state index >= 15 is 0 Å². The first kappa shape index (κ1) is 22.9. The van der Waals surface area contributed by atoms with E-state index in [0.717, 1.165) is 29.5 Å². The van der Waals surface area contributed by atoms with Crippen molar-refractivity contribution in [2.24, 2.45) is 11.8 Å². The maximum Gasteiger partial charge on any atom is 0.166 e. The van der Waals surface area contributed by atoms with Gasteiger partial charge in [0.2, 0.25) is 0 Å². The minimum Gasteiger partial charge on any atom is -0.508 e. The quantitative estimate of drug-likeness (QED) is 0.409. The molecule has 2 aliphatic carbocycles. The number of hydrogen-bond acceptors (Lipinski definition) is 3. The molecule has 5 rings (SSSR count). The van der Waals surface area contributed by atoms with Crippen LogP contribution in [0.5, 0.6) is 11.5 Å². The number of fused-ring (bicyclic) bond motifs is 1. The fourth-order valence-corrected chi connectivity index (χ4v) is 5.45. The third-order valence-electron chi connectivity index (χ3n) is 7.37. The van der Waals surface area contributed by atoms with Gasteiger partial charge >= 0.3 is 0 Å². The minimum absolute atomic E-state index is 0.150. The van der Waals surface area contributed by atoms with Crippen molar-refractivity contribution in [3.63, 3.8) is 0 Å². The summed E-state index contributed by atoms with van der Waals surface area (Å²) in [5, 5.41) is 19.4. The lowest BCUT2D eigenvalue weighted by Crippen LogP contribution is -2.25. The molecule has 3 nitrogen and oxygen atoms in total. The molecule has 2 aliphatic rings. The summed E-state index contributed by atoms with van der Waals surface area (Å²) >= 11 is 0. The Bertz CT molecular complexity index is 1310. The summed E-state index contributed by atoms with van der Waals surface area (Å²) in [6.45, 7) is 2.24. The van der Waals surface area contributed by atoms with Crippen molar-refractivity contribution < 1.29 is 15.0 Å². The van der Waals surface area contributed by atoms with E-state index in [1.54, 1.807) is 24.3 Å². The highest BCUT2D eigenvalue weighted by molar-refractivity contribution is 6.01. The van der Waals surface area contributed by atoms with Crippen molar-refractivity contribution in [3.8, 4) is 11.5 Å². The van der Waals surface area contributed by atoms with Crippen LogP contribution in [-0.2, 0) is 17.6 Å². The summed E-state index contributed by atoms with van der Waals surface area (Å²) < 4.78 is 0. The van der Waals surface area contributed by atoms with Crippen molar-refractivity contribution in [2.75, 3.05) is 0 Å². The van der Waals surface area contributed by atoms with E-state index in [1.165, 1.54) is 22.3 Å². The summed E-state index contributed by atoms with van der Waals surface area (Å²) in [7, 11) is 0. The minimum atomic E-state index is -0.150. The number of hydrogen-bond donors (Lipinski definition) is 2. The van der Waals surface area contributed by atoms with Crippen LogP contribution in [0.2, 0.25) is 0 Å². The summed E-state index contributed by atoms with van der Waals surface area (Å²) in [5.74, 6) is 0.714. The molecule has 0 saturated heterocycles. The fourth-order valence-electron chi connectivity index (χ4n) is 5.45. The number of phenolic OH excluding ortho intramolecular Hbond substituents is 2. The van der Waals surface area contributed by atoms with E-state index < -0.39 is 0 Å². The molecule has 2 unspecified atom stereocenters. The van der Waals surface area contributed by atoms with Crippen molar-refractivity contribution in [1.29, 1.82) is 0 Å². The van der Waals surface area contributed by atoms with Gasteiger partial charge in [-0.3, -0.25) is 4.79 Å². The molecular formula is C32H30O3. The van der Waals surface area contributed by atoms with Crippen LogP contribution >= 0.6 is 0 Å². The number of carbonyl (C=O) groups is 1. The Hall–Kier alpha value is -3.85. The van der Waals surface area contributed by atoms with E-state index in [-0.39, 0.29) is 29.1 Å². The molecule has 0 saturated carbocycles. The maximum absolute atomic E-state index is 13.8. The third kappa shape index (κ3) is 4.85. The van der Waals surface area contributed by atoms with Crippen LogP contribution in [0.4, 0.5) is 0 Å². The van der Waals surface area contributed by atoms with Gasteiger partial charge in [0.15, 0.2) is 5.78 Å². The number of allylic oxidation sites excluding steroid dienone is 6. The first-order valence-corrected chi connectivity index (χ1v) is 12.3. The van der Waals surface area contributed by atoms with Gasteiger partial charge in [-0.25, -0.2) is 0 Å². The normalized spacial score (nSPS) is 20.1. The molecule has 3 heteroatoms. The zero-order valence-corrected chi connectivity index (χ0v) is 19.9. The largest absolute Gasteiger partial charge is 0.508 e. The van der Waals surface area contributed by atoms with Crippen LogP contribution in [0, 0.1) is 11.8 Å². The maximum atomic E-state index is 13.8. The molecule has 0 aliphatic heterocycles. The Morgan fingerprint density at radius 2 is 1.40 bits per heavy atom. The second-order valence-electron chi connectivity index (χ2n) is 9.57. The molecule has 2 N–H and O–H groups in total. The lowest BCUT2D eigenvalue weighted by atomic mass is 9.75. The van der Waals surface area contributed by atoms with Crippen LogP contribution < -0.4 is 0 Å². The van der Waals surface area contributed by atoms with E-state index in [9.17, 15) is 15.0 Å². The standard InChI is InChI=1S/C32H30O3/c1-21-28(24-9-14-27(34)15-10-24)17-18-30-29(31(21)20-22-5-3-2-4-6-22)16-11-25(32(30)35)19-23-7-12-26(33)13-8-23/h2-15,17,21,30,33-34H,16,18-20H2,1H3. The number of aromatic hydroxyl groups is 2. The number of carbonyl (C=O) groups excluding carboxylic acids is 1. The number of Topliss-reactive ketones (excluding diaryl/α,β-unsaturated/α-hetero) is 1. The molecule has 0 spiro atoms. The molecular weight excluding hydrogens is 432 g/mol. The SMILES string of the molecule is CC1C(c2ccc(O)cc2)=CCC2C(=O)C(Cc3ccc(O)cc3)=CCC2=C1Cc1ccccc1. The van der Waals surface area contributed by atoms with Gasteiger partial charge in [-0.1, -0.05) is 84.8 Å². The highest BCUT2D eigenvalue weighted by atomic mass is 16.3. The van der Waals surface area contributed by atoms with Gasteiger partial charge in [-0.05, 0) is 71.4 Å². The first-order valence-electron chi connectivity index (χ1n) is 12.3. The van der Waals surface area contributed by atoms with Crippen LogP contribution in [0.25, 0.3) is 5.57 Å². The average molecular weight is 463 g/mol. The Morgan fingerprint density at radius 3 is 2.09 bits per heavy atom. The van der Waals surface area contributed by atoms with Gasteiger partial charge < -0.3 is 10.2 Å². The van der Waals surface area contributed by atoms with Gasteiger partial charge in [0.1, 0.15) is 11.5 Å². The molecule has 3 aromatic carbocycles. The average Bonchev–Trinajstić information content (AvgIpc) is 3.00. The molecule has 0 amide bonds. The number of phenols is 2. The lowest BCUT2D eigenvalue weighted by Gasteiger charge is -2.28. The number of benzene rings is 3. The van der Waals surface area contributed by atoms with Crippen molar-refractivity contribution in [1.82, 2.24) is 0 Å². The molecule has 0 fully saturated rings. The van der Waals surface area contributed by atoms with Crippen LogP contribution in [0.3, 0.4) is 0 Å². The Labute approximate surface area is 206 Å². The molecule has 176 valence electrons. The Morgan fingerprint density at radius 1 is 0.771 bits per heavy atom. The predicted octanol–water partition coefficient (Wildman–Crippen LogP) is 6.82. The summed E-state index contributed by atoms with van der Waals surface area (Å²) in [6.07, 6.45) is 7.22. The van der Waals surface area contributed by atoms with Gasteiger partial charge in [-0.2, -0.15) is 0 Å². The molecule has 2 atom stereocenters. The molecule has 0 radical (unpaired) electrons. The highest BCUT2D eigenvalue weighted by Crippen LogP contribution is 2.43. The summed E-state index contributed by atoms with van der Waals surface area (Å²) in [5.41, 5.74) is 8.02. The second-order valence-corrected chi connectivity index (χ2v) is 9.57. The monoisotopic (exact) mass is 462 g/mol. The van der Waals surface area contributed by atoms with E-state index in [2.05, 4.69) is 43.3 Å². The van der Waals surface area contributed by atoms with Gasteiger partial charge in [0.25, 0.3) is 0 Å². The Kier molecular flexibility index (Phi) is 6.41. The fraction of sp³-hybridized carbons (Fsp3) is 0.219. The molecule has 0 bridgehead atoms. The zero-order valence-electron chi connectivity index (χ0n) is 19.9. The third-order valence-corrected chi connectivity index (χ3v) is 7.37. The molecule has 0 heterocycles. The van der Waals surface area contributed by atoms with Gasteiger partial charge in [0, 0.05) is 18.3 Å². The highest BCUT2D eigenvalue weighted by Gasteiger charge is 2.34. The smallest absolute Gasteiger partial charge is 0.166 e. The molecule has 3 aromatic rings. The van der Waals surface area contributed by atoms with Crippen molar-refractivity contribution in [2.45, 2.75) is 32.6 Å². The predicted molar refractivity (Wildman–Crippen MR) is 140 cm³/mol. The summed E-state index contributed by atoms with van der Waals surface area (Å²) in [6, 6.07) is 25.0. The summed E-state index contributed by atoms with van der Waals surface area (Å²) in [4.78, 5) is 13.8. The lowest BCUT2D eigenvalue weighted by molar-refractivity contribution is -0.118. The Balaban J connectivity index is 1.54. The topological polar surface area (TPSA) is 57.5 Å². The first-order chi connectivity index (χ1) is 17.0. The van der Waals surface area contributed by atoms with Crippen LogP contribution in [-0.4, -0.2) is 16.0 Å². The van der Waals surface area contributed by atoms with E-state index in [1.807, 2.05) is 30.3 Å². The second kappa shape index (κ2) is 9.79. The number of ketones is 1. The van der Waals surface area contributed by atoms with E-state index in [0.29, 0.717) is 12.8 Å². The molecule has 35 heavy (non-hydrogen) atoms. The van der Waals surface area contributed by atoms with Gasteiger partial charge in [0.05, 0.1) is 0 Å².